The first kappa shape index (κ1) is 33.3. The summed E-state index contributed by atoms with van der Waals surface area (Å²) in [6.45, 7) is 11.2. The Hall–Kier alpha value is 1.66. The summed E-state index contributed by atoms with van der Waals surface area (Å²) in [5.74, 6) is -0.398. The van der Waals surface area contributed by atoms with E-state index in [0.717, 1.165) is 0 Å². The molecule has 6 nitrogen and oxygen atoms in total. The molecular weight excluding hydrogens is 437 g/mol. The maximum atomic E-state index is 9.99. The van der Waals surface area contributed by atoms with E-state index in [1.165, 1.54) is 13.8 Å². The first-order valence-electron chi connectivity index (χ1n) is 5.21. The van der Waals surface area contributed by atoms with Crippen molar-refractivity contribution in [2.75, 3.05) is 0 Å². The summed E-state index contributed by atoms with van der Waals surface area (Å²) in [7, 11) is -3.82. The zero-order valence-corrected chi connectivity index (χ0v) is 19.8. The smallest absolute Gasteiger partial charge is 0.184 e. The monoisotopic (exact) mass is 462 g/mol. The van der Waals surface area contributed by atoms with Gasteiger partial charge in [-0.3, -0.25) is 15.3 Å². The van der Waals surface area contributed by atoms with Crippen molar-refractivity contribution in [2.45, 2.75) is 54.1 Å². The third-order valence-electron chi connectivity index (χ3n) is 1.01. The molecule has 0 atom stereocenters. The molecule has 9 heteroatoms. The van der Waals surface area contributed by atoms with Crippen LogP contribution in [0.2, 0.25) is 0 Å². The molecule has 4 N–H and O–H groups in total. The van der Waals surface area contributed by atoms with Gasteiger partial charge in [0.1, 0.15) is 0 Å². The van der Waals surface area contributed by atoms with Gasteiger partial charge >= 0.3 is 0 Å². The number of hydrogen-bond acceptors (Lipinski definition) is 3. The van der Waals surface area contributed by atoms with Crippen LogP contribution in [0.15, 0.2) is 0 Å². The van der Waals surface area contributed by atoms with E-state index in [4.69, 9.17) is 20.0 Å². The molecule has 0 aromatic heterocycles. The van der Waals surface area contributed by atoms with Gasteiger partial charge in [-0.1, -0.05) is 0 Å². The van der Waals surface area contributed by atoms with Crippen LogP contribution in [0.5, 0.6) is 0 Å². The van der Waals surface area contributed by atoms with Gasteiger partial charge in [-0.05, 0) is 20.8 Å². The molecule has 0 aliphatic heterocycles. The van der Waals surface area contributed by atoms with Gasteiger partial charge in [0.05, 0.1) is 5.60 Å². The van der Waals surface area contributed by atoms with Crippen LogP contribution in [0.25, 0.3) is 0 Å². The first-order valence-corrected chi connectivity index (χ1v) is 6.82. The number of rotatable bonds is 2. The van der Waals surface area contributed by atoms with Gasteiger partial charge in [-0.15, -0.1) is 0 Å². The van der Waals surface area contributed by atoms with E-state index in [1.54, 1.807) is 34.6 Å². The predicted molar refractivity (Wildman–Crippen MR) is 70.8 cm³/mol. The van der Waals surface area contributed by atoms with Crippen molar-refractivity contribution in [2.24, 2.45) is 0 Å². The van der Waals surface area contributed by atoms with Crippen LogP contribution >= 0.6 is 7.60 Å². The summed E-state index contributed by atoms with van der Waals surface area (Å²) < 4.78 is 9.99. The van der Waals surface area contributed by atoms with Crippen LogP contribution in [-0.2, 0) is 74.8 Å². The molecule has 0 bridgehead atoms. The molecule has 0 heterocycles. The third kappa shape index (κ3) is 50.4. The van der Waals surface area contributed by atoms with Crippen molar-refractivity contribution in [3.63, 3.8) is 0 Å². The molecule has 0 fully saturated rings. The second kappa shape index (κ2) is 15.5. The van der Waals surface area contributed by atoms with E-state index in [2.05, 4.69) is 0 Å². The fourth-order valence-electron chi connectivity index (χ4n) is 0. The molecule has 0 spiro atoms. The summed E-state index contributed by atoms with van der Waals surface area (Å²) in [6.07, 6.45) is 0. The van der Waals surface area contributed by atoms with E-state index >= 15 is 0 Å². The largest absolute Gasteiger partial charge is 0.503 e. The molecule has 0 aliphatic carbocycles. The van der Waals surface area contributed by atoms with Crippen molar-refractivity contribution < 1.29 is 94.8 Å². The normalized spacial score (nSPS) is 9.75. The Bertz CT molecular complexity index is 265. The molecule has 118 valence electrons. The molecule has 0 unspecified atom stereocenters. The van der Waals surface area contributed by atoms with Gasteiger partial charge in [-0.2, -0.15) is 27.7 Å². The minimum absolute atomic E-state index is 0. The number of carboxylic acids is 1. The van der Waals surface area contributed by atoms with Crippen LogP contribution in [-0.4, -0.2) is 31.6 Å². The summed E-state index contributed by atoms with van der Waals surface area (Å²) in [6, 6.07) is 0. The molecular formula is C11H25O6PY2-2. The standard InChI is InChI=1S/C4H7O2.C4H10O.C3H8O3P.2Y/c1-3(2)4(5)6;1-4(2,3)5;1-3(2)7(4,5)6;;/h1-2H3,(H,5,6);5H,1-3H3;1-2H3,(H2,4,5,6);;/q-1;;-1;;. The van der Waals surface area contributed by atoms with Gasteiger partial charge < -0.3 is 20.0 Å². The van der Waals surface area contributed by atoms with E-state index < -0.39 is 19.2 Å². The molecule has 0 aliphatic rings. The quantitative estimate of drug-likeness (QED) is 0.370. The molecule has 0 aromatic carbocycles. The SMILES string of the molecule is CC(C)(C)O.C[C-](C)C(=O)O.C[C-](C)P(=O)(O)O.[Y].[Y]. The molecule has 0 saturated carbocycles. The molecule has 2 radical (unpaired) electrons. The van der Waals surface area contributed by atoms with Crippen LogP contribution in [0.1, 0.15) is 48.5 Å². The molecule has 20 heavy (non-hydrogen) atoms. The van der Waals surface area contributed by atoms with Crippen LogP contribution in [0.4, 0.5) is 0 Å². The van der Waals surface area contributed by atoms with E-state index in [9.17, 15) is 9.36 Å². The summed E-state index contributed by atoms with van der Waals surface area (Å²) in [5.41, 5.74) is -0.340. The topological polar surface area (TPSA) is 115 Å². The van der Waals surface area contributed by atoms with E-state index in [0.29, 0.717) is 5.92 Å². The molecule has 0 saturated heterocycles. The first-order chi connectivity index (χ1) is 7.59. The Balaban J connectivity index is -0.0000000543. The second-order valence-corrected chi connectivity index (χ2v) is 6.95. The molecule has 0 amide bonds. The Labute approximate surface area is 172 Å². The van der Waals surface area contributed by atoms with Gasteiger partial charge in [0.15, 0.2) is 13.6 Å². The van der Waals surface area contributed by atoms with E-state index in [-0.39, 0.29) is 71.1 Å². The number of aliphatic hydroxyl groups is 1. The van der Waals surface area contributed by atoms with Gasteiger partial charge in [0.25, 0.3) is 0 Å². The fourth-order valence-corrected chi connectivity index (χ4v) is 0. The molecule has 0 rings (SSSR count). The average Bonchev–Trinajstić information content (AvgIpc) is 1.99. The Morgan fingerprint density at radius 2 is 1.10 bits per heavy atom. The summed E-state index contributed by atoms with van der Waals surface area (Å²) in [4.78, 5) is 26.0. The number of aliphatic carboxylic acids is 1. The summed E-state index contributed by atoms with van der Waals surface area (Å²) in [5, 5.41) is 16.5. The third-order valence-corrected chi connectivity index (χ3v) is 2.18. The zero-order valence-electron chi connectivity index (χ0n) is 13.2. The summed E-state index contributed by atoms with van der Waals surface area (Å²) >= 11 is 0. The maximum absolute atomic E-state index is 9.99. The number of carboxylic acid groups (broad SMARTS) is 1. The van der Waals surface area contributed by atoms with Gasteiger partial charge in [0, 0.05) is 65.4 Å². The Morgan fingerprint density at radius 3 is 1.10 bits per heavy atom. The van der Waals surface area contributed by atoms with Crippen LogP contribution in [0, 0.1) is 11.6 Å². The van der Waals surface area contributed by atoms with Crippen molar-refractivity contribution in [3.8, 4) is 0 Å². The zero-order chi connectivity index (χ0) is 15.7. The molecule has 0 aromatic rings. The van der Waals surface area contributed by atoms with Crippen LogP contribution in [0.3, 0.4) is 0 Å². The van der Waals surface area contributed by atoms with Crippen LogP contribution < -0.4 is 0 Å². The minimum Gasteiger partial charge on any atom is -0.503 e. The second-order valence-electron chi connectivity index (χ2n) is 4.97. The van der Waals surface area contributed by atoms with Crippen molar-refractivity contribution >= 4 is 13.6 Å². The number of hydrogen-bond donors (Lipinski definition) is 4. The fraction of sp³-hybridized carbons (Fsp3) is 0.727. The minimum atomic E-state index is -3.82. The van der Waals surface area contributed by atoms with Crippen molar-refractivity contribution in [3.05, 3.63) is 11.6 Å². The van der Waals surface area contributed by atoms with Gasteiger partial charge in [-0.25, -0.2) is 5.66 Å². The van der Waals surface area contributed by atoms with Crippen molar-refractivity contribution in [1.29, 1.82) is 0 Å². The Kier molecular flexibility index (Phi) is 25.9. The van der Waals surface area contributed by atoms with Gasteiger partial charge in [0.2, 0.25) is 0 Å². The van der Waals surface area contributed by atoms with E-state index in [1.807, 2.05) is 0 Å². The Morgan fingerprint density at radius 1 is 1.00 bits per heavy atom. The average molecular weight is 462 g/mol. The maximum Gasteiger partial charge on any atom is 0.184 e. The number of carbonyl (C=O) groups is 1. The predicted octanol–water partition coefficient (Wildman–Crippen LogP) is 2.19. The van der Waals surface area contributed by atoms with Crippen molar-refractivity contribution in [1.82, 2.24) is 0 Å².